The van der Waals surface area contributed by atoms with Crippen LogP contribution in [0, 0.1) is 5.82 Å². The molecule has 0 saturated carbocycles. The summed E-state index contributed by atoms with van der Waals surface area (Å²) in [6.07, 6.45) is 3.28. The molecule has 2 aromatic carbocycles. The molecule has 1 aromatic heterocycles. The summed E-state index contributed by atoms with van der Waals surface area (Å²) in [5.41, 5.74) is 2.06. The minimum atomic E-state index is -0.978. The third kappa shape index (κ3) is 2.53. The number of aromatic nitrogens is 2. The Morgan fingerprint density at radius 1 is 1.10 bits per heavy atom. The first kappa shape index (κ1) is 13.1. The first-order valence-electron chi connectivity index (χ1n) is 6.28. The minimum Gasteiger partial charge on any atom is -0.478 e. The van der Waals surface area contributed by atoms with Gasteiger partial charge in [-0.1, -0.05) is 18.2 Å². The lowest BCUT2D eigenvalue weighted by Gasteiger charge is -2.02. The summed E-state index contributed by atoms with van der Waals surface area (Å²) in [6.45, 7) is 0. The highest BCUT2D eigenvalue weighted by Gasteiger charge is 2.08. The summed E-state index contributed by atoms with van der Waals surface area (Å²) in [7, 11) is 0. The van der Waals surface area contributed by atoms with E-state index in [0.29, 0.717) is 16.8 Å². The molecule has 0 spiro atoms. The predicted molar refractivity (Wildman–Crippen MR) is 75.9 cm³/mol. The third-order valence-corrected chi connectivity index (χ3v) is 3.15. The van der Waals surface area contributed by atoms with Crippen LogP contribution in [0.25, 0.3) is 16.8 Å². The van der Waals surface area contributed by atoms with Crippen LogP contribution >= 0.6 is 0 Å². The van der Waals surface area contributed by atoms with Crippen molar-refractivity contribution in [2.24, 2.45) is 0 Å². The lowest BCUT2D eigenvalue weighted by Crippen LogP contribution is -1.98. The fourth-order valence-corrected chi connectivity index (χ4v) is 2.06. The number of hydrogen-bond donors (Lipinski definition) is 1. The molecule has 0 fully saturated rings. The second-order valence-corrected chi connectivity index (χ2v) is 4.51. The van der Waals surface area contributed by atoms with Crippen LogP contribution in [0.5, 0.6) is 0 Å². The van der Waals surface area contributed by atoms with Gasteiger partial charge in [0.2, 0.25) is 0 Å². The lowest BCUT2D eigenvalue weighted by atomic mass is 10.1. The van der Waals surface area contributed by atoms with Crippen molar-refractivity contribution < 1.29 is 14.3 Å². The van der Waals surface area contributed by atoms with Gasteiger partial charge in [-0.3, -0.25) is 0 Å². The van der Waals surface area contributed by atoms with Crippen molar-refractivity contribution in [2.75, 3.05) is 0 Å². The summed E-state index contributed by atoms with van der Waals surface area (Å²) >= 11 is 0. The van der Waals surface area contributed by atoms with E-state index in [-0.39, 0.29) is 11.4 Å². The van der Waals surface area contributed by atoms with Gasteiger partial charge in [-0.2, -0.15) is 5.10 Å². The molecule has 0 atom stereocenters. The summed E-state index contributed by atoms with van der Waals surface area (Å²) in [6, 6.07) is 12.8. The Labute approximate surface area is 120 Å². The molecule has 1 heterocycles. The van der Waals surface area contributed by atoms with Gasteiger partial charge in [0.05, 0.1) is 17.4 Å². The maximum Gasteiger partial charge on any atom is 0.335 e. The highest BCUT2D eigenvalue weighted by molar-refractivity contribution is 5.87. The summed E-state index contributed by atoms with van der Waals surface area (Å²) in [5.74, 6) is -1.28. The fourth-order valence-electron chi connectivity index (χ4n) is 2.06. The maximum atomic E-state index is 13.7. The monoisotopic (exact) mass is 282 g/mol. The Bertz CT molecular complexity index is 794. The Morgan fingerprint density at radius 3 is 2.48 bits per heavy atom. The van der Waals surface area contributed by atoms with E-state index in [1.54, 1.807) is 47.4 Å². The zero-order valence-corrected chi connectivity index (χ0v) is 10.9. The number of aromatic carboxylic acids is 1. The van der Waals surface area contributed by atoms with Crippen LogP contribution in [-0.4, -0.2) is 20.9 Å². The smallest absolute Gasteiger partial charge is 0.335 e. The van der Waals surface area contributed by atoms with Crippen molar-refractivity contribution in [1.82, 2.24) is 9.78 Å². The van der Waals surface area contributed by atoms with Crippen molar-refractivity contribution in [2.45, 2.75) is 0 Å². The summed E-state index contributed by atoms with van der Waals surface area (Å²) in [4.78, 5) is 10.8. The first-order valence-corrected chi connectivity index (χ1v) is 6.28. The number of halogens is 1. The second-order valence-electron chi connectivity index (χ2n) is 4.51. The molecule has 104 valence electrons. The van der Waals surface area contributed by atoms with Gasteiger partial charge in [0.1, 0.15) is 5.82 Å². The maximum absolute atomic E-state index is 13.7. The molecule has 0 saturated heterocycles. The fraction of sp³-hybridized carbons (Fsp3) is 0. The highest BCUT2D eigenvalue weighted by atomic mass is 19.1. The predicted octanol–water partition coefficient (Wildman–Crippen LogP) is 3.38. The van der Waals surface area contributed by atoms with Gasteiger partial charge in [0, 0.05) is 17.3 Å². The van der Waals surface area contributed by atoms with Crippen LogP contribution in [0.3, 0.4) is 0 Å². The number of benzene rings is 2. The molecule has 0 aliphatic heterocycles. The van der Waals surface area contributed by atoms with E-state index in [1.165, 1.54) is 18.2 Å². The molecule has 0 aliphatic rings. The van der Waals surface area contributed by atoms with Gasteiger partial charge in [-0.05, 0) is 30.3 Å². The molecular weight excluding hydrogens is 271 g/mol. The highest BCUT2D eigenvalue weighted by Crippen LogP contribution is 2.23. The number of hydrogen-bond acceptors (Lipinski definition) is 2. The van der Waals surface area contributed by atoms with Gasteiger partial charge in [0.25, 0.3) is 0 Å². The standard InChI is InChI=1S/C16H11FN2O2/c17-15-4-2-1-3-14(15)12-9-18-19(10-12)13-7-5-11(6-8-13)16(20)21/h1-10H,(H,20,21). The van der Waals surface area contributed by atoms with E-state index in [0.717, 1.165) is 0 Å². The van der Waals surface area contributed by atoms with Gasteiger partial charge in [-0.15, -0.1) is 0 Å². The van der Waals surface area contributed by atoms with E-state index in [1.807, 2.05) is 0 Å². The van der Waals surface area contributed by atoms with Crippen molar-refractivity contribution in [3.8, 4) is 16.8 Å². The van der Waals surface area contributed by atoms with Gasteiger partial charge >= 0.3 is 5.97 Å². The Balaban J connectivity index is 1.95. The Kier molecular flexibility index (Phi) is 3.23. The van der Waals surface area contributed by atoms with Crippen LogP contribution < -0.4 is 0 Å². The normalized spacial score (nSPS) is 10.5. The molecule has 3 aromatic rings. The van der Waals surface area contributed by atoms with Gasteiger partial charge < -0.3 is 5.11 Å². The Hall–Kier alpha value is -2.95. The molecule has 4 nitrogen and oxygen atoms in total. The molecule has 0 amide bonds. The molecule has 1 N–H and O–H groups in total. The molecule has 0 aliphatic carbocycles. The molecule has 0 radical (unpaired) electrons. The van der Waals surface area contributed by atoms with Crippen molar-refractivity contribution >= 4 is 5.97 Å². The molecule has 0 bridgehead atoms. The summed E-state index contributed by atoms with van der Waals surface area (Å²) in [5, 5.41) is 13.0. The zero-order chi connectivity index (χ0) is 14.8. The minimum absolute atomic E-state index is 0.209. The molecular formula is C16H11FN2O2. The molecule has 21 heavy (non-hydrogen) atoms. The SMILES string of the molecule is O=C(O)c1ccc(-n2cc(-c3ccccc3F)cn2)cc1. The third-order valence-electron chi connectivity index (χ3n) is 3.15. The van der Waals surface area contributed by atoms with E-state index in [4.69, 9.17) is 5.11 Å². The van der Waals surface area contributed by atoms with Crippen molar-refractivity contribution in [3.05, 3.63) is 72.3 Å². The van der Waals surface area contributed by atoms with Crippen LogP contribution in [0.2, 0.25) is 0 Å². The summed E-state index contributed by atoms with van der Waals surface area (Å²) < 4.78 is 15.3. The first-order chi connectivity index (χ1) is 10.1. The topological polar surface area (TPSA) is 55.1 Å². The average molecular weight is 282 g/mol. The van der Waals surface area contributed by atoms with Gasteiger partial charge in [0.15, 0.2) is 0 Å². The second kappa shape index (κ2) is 5.20. The van der Waals surface area contributed by atoms with E-state index in [9.17, 15) is 9.18 Å². The van der Waals surface area contributed by atoms with Gasteiger partial charge in [-0.25, -0.2) is 13.9 Å². The number of nitrogens with zero attached hydrogens (tertiary/aromatic N) is 2. The van der Waals surface area contributed by atoms with Crippen molar-refractivity contribution in [3.63, 3.8) is 0 Å². The van der Waals surface area contributed by atoms with Crippen LogP contribution in [0.4, 0.5) is 4.39 Å². The molecule has 3 rings (SSSR count). The zero-order valence-electron chi connectivity index (χ0n) is 10.9. The number of carboxylic acid groups (broad SMARTS) is 1. The van der Waals surface area contributed by atoms with E-state index >= 15 is 0 Å². The van der Waals surface area contributed by atoms with E-state index < -0.39 is 5.97 Å². The average Bonchev–Trinajstić information content (AvgIpc) is 2.97. The number of carbonyl (C=O) groups is 1. The Morgan fingerprint density at radius 2 is 1.81 bits per heavy atom. The lowest BCUT2D eigenvalue weighted by molar-refractivity contribution is 0.0697. The number of carboxylic acids is 1. The quantitative estimate of drug-likeness (QED) is 0.801. The van der Waals surface area contributed by atoms with Crippen LogP contribution in [0.1, 0.15) is 10.4 Å². The largest absolute Gasteiger partial charge is 0.478 e. The molecule has 0 unspecified atom stereocenters. The number of rotatable bonds is 3. The molecule has 5 heteroatoms. The van der Waals surface area contributed by atoms with Crippen LogP contribution in [-0.2, 0) is 0 Å². The van der Waals surface area contributed by atoms with E-state index in [2.05, 4.69) is 5.10 Å². The van der Waals surface area contributed by atoms with Crippen molar-refractivity contribution in [1.29, 1.82) is 0 Å². The van der Waals surface area contributed by atoms with Crippen LogP contribution in [0.15, 0.2) is 60.9 Å².